The van der Waals surface area contributed by atoms with Crippen LogP contribution < -0.4 is 0 Å². The largest absolute Gasteiger partial charge is 0.247 e. The fourth-order valence-corrected chi connectivity index (χ4v) is 4.35. The molecule has 22 heavy (non-hydrogen) atoms. The maximum Gasteiger partial charge on any atom is 0.243 e. The molecule has 1 saturated heterocycles. The zero-order valence-corrected chi connectivity index (χ0v) is 14.2. The lowest BCUT2D eigenvalue weighted by Crippen LogP contribution is -2.50. The molecule has 0 unspecified atom stereocenters. The van der Waals surface area contributed by atoms with Crippen molar-refractivity contribution in [2.45, 2.75) is 29.7 Å². The first kappa shape index (κ1) is 14.3. The lowest BCUT2D eigenvalue weighted by atomic mass is 10.2. The minimum absolute atomic E-state index is 0.0882. The van der Waals surface area contributed by atoms with Crippen molar-refractivity contribution in [1.29, 1.82) is 0 Å². The molecule has 1 aliphatic carbocycles. The van der Waals surface area contributed by atoms with Crippen LogP contribution in [0.3, 0.4) is 0 Å². The van der Waals surface area contributed by atoms with Crippen molar-refractivity contribution in [1.82, 2.24) is 19.3 Å². The molecule has 8 heteroatoms. The predicted octanol–water partition coefficient (Wildman–Crippen LogP) is 2.16. The van der Waals surface area contributed by atoms with E-state index in [0.717, 1.165) is 10.2 Å². The Labute approximate surface area is 137 Å². The van der Waals surface area contributed by atoms with Gasteiger partial charge in [0.1, 0.15) is 0 Å². The van der Waals surface area contributed by atoms with Crippen LogP contribution in [0.25, 0.3) is 0 Å². The van der Waals surface area contributed by atoms with Gasteiger partial charge in [0.25, 0.3) is 0 Å². The van der Waals surface area contributed by atoms with Crippen LogP contribution >= 0.6 is 15.9 Å². The zero-order chi connectivity index (χ0) is 15.3. The number of halogens is 1. The van der Waals surface area contributed by atoms with Crippen molar-refractivity contribution in [3.63, 3.8) is 0 Å². The molecule has 0 bridgehead atoms. The van der Waals surface area contributed by atoms with Gasteiger partial charge in [-0.1, -0.05) is 21.1 Å². The summed E-state index contributed by atoms with van der Waals surface area (Å²) in [6, 6.07) is 6.80. The first-order valence-electron chi connectivity index (χ1n) is 7.21. The fraction of sp³-hybridized carbons (Fsp3) is 0.429. The van der Waals surface area contributed by atoms with Gasteiger partial charge < -0.3 is 0 Å². The Morgan fingerprint density at radius 2 is 1.82 bits per heavy atom. The van der Waals surface area contributed by atoms with Gasteiger partial charge in [-0.05, 0) is 37.1 Å². The van der Waals surface area contributed by atoms with Crippen molar-refractivity contribution in [2.75, 3.05) is 13.1 Å². The third-order valence-corrected chi connectivity index (χ3v) is 6.55. The molecular formula is C14H15BrN4O2S. The van der Waals surface area contributed by atoms with Gasteiger partial charge in [0, 0.05) is 29.7 Å². The smallest absolute Gasteiger partial charge is 0.243 e. The summed E-state index contributed by atoms with van der Waals surface area (Å²) in [7, 11) is -3.41. The first-order valence-corrected chi connectivity index (χ1v) is 9.45. The van der Waals surface area contributed by atoms with Gasteiger partial charge in [-0.3, -0.25) is 0 Å². The van der Waals surface area contributed by atoms with Gasteiger partial charge in [0.15, 0.2) is 0 Å². The molecule has 2 fully saturated rings. The number of hydrogen-bond acceptors (Lipinski definition) is 4. The van der Waals surface area contributed by atoms with Crippen LogP contribution in [0.15, 0.2) is 39.8 Å². The second-order valence-electron chi connectivity index (χ2n) is 5.83. The van der Waals surface area contributed by atoms with E-state index in [-0.39, 0.29) is 6.04 Å². The van der Waals surface area contributed by atoms with Gasteiger partial charge in [-0.25, -0.2) is 13.1 Å². The van der Waals surface area contributed by atoms with Crippen LogP contribution in [0.4, 0.5) is 0 Å². The molecular weight excluding hydrogens is 368 g/mol. The summed E-state index contributed by atoms with van der Waals surface area (Å²) >= 11 is 3.31. The summed E-state index contributed by atoms with van der Waals surface area (Å²) in [4.78, 5) is 0.325. The molecule has 2 aliphatic rings. The standard InChI is InChI=1S/C14H15BrN4O2S/c15-11-3-5-13(6-4-11)22(20,21)18-7-12(8-18)19-9-14(16-17-19)10-1-2-10/h3-6,9-10,12H,1-2,7-8H2. The van der Waals surface area contributed by atoms with E-state index in [1.807, 2.05) is 6.20 Å². The Morgan fingerprint density at radius 3 is 2.45 bits per heavy atom. The number of nitrogens with zero attached hydrogens (tertiary/aromatic N) is 4. The maximum atomic E-state index is 12.5. The van der Waals surface area contributed by atoms with Crippen molar-refractivity contribution in [2.24, 2.45) is 0 Å². The summed E-state index contributed by atoms with van der Waals surface area (Å²) < 4.78 is 29.1. The van der Waals surface area contributed by atoms with E-state index in [1.165, 1.54) is 17.1 Å². The summed E-state index contributed by atoms with van der Waals surface area (Å²) in [5.41, 5.74) is 1.04. The van der Waals surface area contributed by atoms with Crippen LogP contribution in [-0.2, 0) is 10.0 Å². The molecule has 116 valence electrons. The minimum Gasteiger partial charge on any atom is -0.247 e. The number of sulfonamides is 1. The molecule has 0 N–H and O–H groups in total. The predicted molar refractivity (Wildman–Crippen MR) is 83.9 cm³/mol. The summed E-state index contributed by atoms with van der Waals surface area (Å²) in [6.07, 6.45) is 4.34. The SMILES string of the molecule is O=S(=O)(c1ccc(Br)cc1)N1CC(n2cc(C3CC3)nn2)C1. The normalized spacial score (nSPS) is 20.0. The van der Waals surface area contributed by atoms with Crippen LogP contribution in [0.1, 0.15) is 30.5 Å². The third-order valence-electron chi connectivity index (χ3n) is 4.18. The molecule has 1 saturated carbocycles. The molecule has 0 spiro atoms. The van der Waals surface area contributed by atoms with Gasteiger partial charge in [0.2, 0.25) is 10.0 Å². The van der Waals surface area contributed by atoms with E-state index in [0.29, 0.717) is 23.9 Å². The van der Waals surface area contributed by atoms with Gasteiger partial charge in [-0.2, -0.15) is 4.31 Å². The van der Waals surface area contributed by atoms with E-state index in [1.54, 1.807) is 28.9 Å². The molecule has 2 aromatic rings. The van der Waals surface area contributed by atoms with E-state index in [2.05, 4.69) is 26.2 Å². The molecule has 0 atom stereocenters. The Bertz CT molecular complexity index is 793. The van der Waals surface area contributed by atoms with Crippen LogP contribution in [0.5, 0.6) is 0 Å². The highest BCUT2D eigenvalue weighted by Crippen LogP contribution is 2.39. The molecule has 4 rings (SSSR count). The Balaban J connectivity index is 1.46. The maximum absolute atomic E-state index is 12.5. The molecule has 0 amide bonds. The van der Waals surface area contributed by atoms with E-state index >= 15 is 0 Å². The van der Waals surface area contributed by atoms with Crippen molar-refractivity contribution >= 4 is 26.0 Å². The molecule has 1 aromatic heterocycles. The van der Waals surface area contributed by atoms with Crippen molar-refractivity contribution in [3.05, 3.63) is 40.6 Å². The van der Waals surface area contributed by atoms with Gasteiger partial charge >= 0.3 is 0 Å². The van der Waals surface area contributed by atoms with Crippen molar-refractivity contribution < 1.29 is 8.42 Å². The second kappa shape index (κ2) is 5.14. The lowest BCUT2D eigenvalue weighted by Gasteiger charge is -2.37. The van der Waals surface area contributed by atoms with Crippen LogP contribution in [0.2, 0.25) is 0 Å². The zero-order valence-electron chi connectivity index (χ0n) is 11.8. The molecule has 0 radical (unpaired) electrons. The first-order chi connectivity index (χ1) is 10.5. The highest BCUT2D eigenvalue weighted by Gasteiger charge is 2.39. The number of rotatable bonds is 4. The fourth-order valence-electron chi connectivity index (χ4n) is 2.57. The highest BCUT2D eigenvalue weighted by atomic mass is 79.9. The average molecular weight is 383 g/mol. The molecule has 2 heterocycles. The van der Waals surface area contributed by atoms with E-state index < -0.39 is 10.0 Å². The Morgan fingerprint density at radius 1 is 1.14 bits per heavy atom. The topological polar surface area (TPSA) is 68.1 Å². The number of benzene rings is 1. The molecule has 1 aliphatic heterocycles. The summed E-state index contributed by atoms with van der Waals surface area (Å²) in [5.74, 6) is 0.566. The van der Waals surface area contributed by atoms with Crippen LogP contribution in [0, 0.1) is 0 Å². The Kier molecular flexibility index (Phi) is 3.35. The second-order valence-corrected chi connectivity index (χ2v) is 8.68. The van der Waals surface area contributed by atoms with Crippen LogP contribution in [-0.4, -0.2) is 40.8 Å². The van der Waals surface area contributed by atoms with E-state index in [9.17, 15) is 8.42 Å². The molecule has 1 aromatic carbocycles. The molecule has 6 nitrogen and oxygen atoms in total. The van der Waals surface area contributed by atoms with Crippen molar-refractivity contribution in [3.8, 4) is 0 Å². The lowest BCUT2D eigenvalue weighted by molar-refractivity contribution is 0.189. The highest BCUT2D eigenvalue weighted by molar-refractivity contribution is 9.10. The third kappa shape index (κ3) is 2.49. The Hall–Kier alpha value is -1.25. The quantitative estimate of drug-likeness (QED) is 0.812. The van der Waals surface area contributed by atoms with Gasteiger partial charge in [-0.15, -0.1) is 5.10 Å². The summed E-state index contributed by atoms with van der Waals surface area (Å²) in [6.45, 7) is 0.901. The minimum atomic E-state index is -3.41. The monoisotopic (exact) mass is 382 g/mol. The number of aromatic nitrogens is 3. The average Bonchev–Trinajstić information content (AvgIpc) is 3.17. The van der Waals surface area contributed by atoms with E-state index in [4.69, 9.17) is 0 Å². The van der Waals surface area contributed by atoms with Gasteiger partial charge in [0.05, 0.1) is 16.6 Å². The number of hydrogen-bond donors (Lipinski definition) is 0. The summed E-state index contributed by atoms with van der Waals surface area (Å²) in [5, 5.41) is 8.32.